The van der Waals surface area contributed by atoms with Gasteiger partial charge in [0.25, 0.3) is 11.5 Å². The molecule has 0 spiro atoms. The minimum absolute atomic E-state index is 0.0150. The van der Waals surface area contributed by atoms with Gasteiger partial charge in [-0.15, -0.1) is 0 Å². The molecule has 0 radical (unpaired) electrons. The lowest BCUT2D eigenvalue weighted by Gasteiger charge is -2.14. The lowest BCUT2D eigenvalue weighted by Crippen LogP contribution is -2.38. The second-order valence-corrected chi connectivity index (χ2v) is 5.52. The lowest BCUT2D eigenvalue weighted by atomic mass is 9.98. The van der Waals surface area contributed by atoms with Crippen molar-refractivity contribution in [3.8, 4) is 0 Å². The zero-order valence-electron chi connectivity index (χ0n) is 13.1. The highest BCUT2D eigenvalue weighted by Crippen LogP contribution is 2.10. The van der Waals surface area contributed by atoms with Crippen LogP contribution in [-0.2, 0) is 11.2 Å². The maximum atomic E-state index is 12.9. The van der Waals surface area contributed by atoms with Crippen LogP contribution in [0.2, 0.25) is 0 Å². The average Bonchev–Trinajstić information content (AvgIpc) is 2.52. The second kappa shape index (κ2) is 7.54. The van der Waals surface area contributed by atoms with Gasteiger partial charge in [-0.25, -0.2) is 4.39 Å². The van der Waals surface area contributed by atoms with Crippen molar-refractivity contribution in [1.82, 2.24) is 10.3 Å². The minimum atomic E-state index is -0.663. The van der Waals surface area contributed by atoms with Crippen LogP contribution in [-0.4, -0.2) is 23.3 Å². The highest BCUT2D eigenvalue weighted by Gasteiger charge is 2.18. The molecule has 1 heterocycles. The summed E-state index contributed by atoms with van der Waals surface area (Å²) in [4.78, 5) is 37.9. The van der Waals surface area contributed by atoms with Crippen molar-refractivity contribution in [3.63, 3.8) is 0 Å². The molecule has 0 fully saturated rings. The zero-order valence-corrected chi connectivity index (χ0v) is 13.1. The Morgan fingerprint density at radius 3 is 2.46 bits per heavy atom. The van der Waals surface area contributed by atoms with E-state index in [-0.39, 0.29) is 24.3 Å². The number of primary amides is 1. The summed E-state index contributed by atoms with van der Waals surface area (Å²) in [6, 6.07) is 8.72. The Labute approximate surface area is 137 Å². The fourth-order valence-corrected chi connectivity index (χ4v) is 2.24. The lowest BCUT2D eigenvalue weighted by molar-refractivity contribution is -0.121. The number of hydrogen-bond donors (Lipinski definition) is 3. The molecule has 0 aliphatic heterocycles. The van der Waals surface area contributed by atoms with E-state index >= 15 is 0 Å². The van der Waals surface area contributed by atoms with Crippen molar-refractivity contribution in [3.05, 3.63) is 69.4 Å². The van der Waals surface area contributed by atoms with Crippen molar-refractivity contribution >= 4 is 11.8 Å². The summed E-state index contributed by atoms with van der Waals surface area (Å²) in [6.07, 6.45) is 0.264. The monoisotopic (exact) mass is 331 g/mol. The molecule has 2 aromatic rings. The number of aromatic nitrogens is 1. The maximum Gasteiger partial charge on any atom is 0.260 e. The zero-order chi connectivity index (χ0) is 17.7. The molecule has 7 heteroatoms. The van der Waals surface area contributed by atoms with Crippen LogP contribution in [0, 0.1) is 18.7 Å². The van der Waals surface area contributed by atoms with Crippen LogP contribution in [0.4, 0.5) is 4.39 Å². The summed E-state index contributed by atoms with van der Waals surface area (Å²) in [7, 11) is 0. The topological polar surface area (TPSA) is 105 Å². The molecule has 0 aliphatic rings. The molecule has 0 saturated carbocycles. The summed E-state index contributed by atoms with van der Waals surface area (Å²) in [5.41, 5.74) is 6.19. The molecule has 1 atom stereocenters. The number of nitrogens with one attached hydrogen (secondary N) is 2. The van der Waals surface area contributed by atoms with Crippen LogP contribution in [0.5, 0.6) is 0 Å². The third-order valence-electron chi connectivity index (χ3n) is 3.61. The summed E-state index contributed by atoms with van der Waals surface area (Å²) in [5, 5.41) is 2.54. The molecule has 0 unspecified atom stereocenters. The largest absolute Gasteiger partial charge is 0.369 e. The molecular formula is C17H18FN3O3. The molecule has 2 amide bonds. The van der Waals surface area contributed by atoms with Gasteiger partial charge in [0.2, 0.25) is 5.91 Å². The van der Waals surface area contributed by atoms with Gasteiger partial charge in [-0.05, 0) is 43.2 Å². The number of rotatable bonds is 6. The third-order valence-corrected chi connectivity index (χ3v) is 3.61. The fourth-order valence-electron chi connectivity index (χ4n) is 2.24. The molecule has 0 saturated heterocycles. The number of carbonyl (C=O) groups is 2. The van der Waals surface area contributed by atoms with Crippen LogP contribution in [0.25, 0.3) is 0 Å². The number of aryl methyl sites for hydroxylation is 1. The molecule has 24 heavy (non-hydrogen) atoms. The molecular weight excluding hydrogens is 313 g/mol. The molecule has 0 aliphatic carbocycles. The molecule has 0 bridgehead atoms. The highest BCUT2D eigenvalue weighted by atomic mass is 19.1. The van der Waals surface area contributed by atoms with Crippen LogP contribution in [0.3, 0.4) is 0 Å². The molecule has 1 aromatic carbocycles. The highest BCUT2D eigenvalue weighted by molar-refractivity contribution is 5.94. The van der Waals surface area contributed by atoms with E-state index in [1.54, 1.807) is 25.1 Å². The van der Waals surface area contributed by atoms with Crippen molar-refractivity contribution in [2.24, 2.45) is 11.7 Å². The predicted molar refractivity (Wildman–Crippen MR) is 86.9 cm³/mol. The third kappa shape index (κ3) is 4.52. The Morgan fingerprint density at radius 1 is 1.21 bits per heavy atom. The number of pyridine rings is 1. The number of aromatic amines is 1. The number of amides is 2. The standard InChI is InChI=1S/C17H18FN3O3/c1-10-2-7-14(17(24)21-10)16(23)20-9-12(15(19)22)8-11-3-5-13(18)6-4-11/h2-7,12H,8-9H2,1H3,(H2,19,22)(H,20,23)(H,21,24)/t12-/m0/s1. The molecule has 126 valence electrons. The number of H-pyrrole nitrogens is 1. The van der Waals surface area contributed by atoms with Crippen molar-refractivity contribution < 1.29 is 14.0 Å². The van der Waals surface area contributed by atoms with E-state index in [1.165, 1.54) is 18.2 Å². The maximum absolute atomic E-state index is 12.9. The van der Waals surface area contributed by atoms with E-state index < -0.39 is 23.3 Å². The van der Waals surface area contributed by atoms with Crippen molar-refractivity contribution in [2.45, 2.75) is 13.3 Å². The fraction of sp³-hybridized carbons (Fsp3) is 0.235. The normalized spacial score (nSPS) is 11.8. The first kappa shape index (κ1) is 17.4. The Kier molecular flexibility index (Phi) is 5.47. The van der Waals surface area contributed by atoms with Crippen LogP contribution < -0.4 is 16.6 Å². The summed E-state index contributed by atoms with van der Waals surface area (Å²) < 4.78 is 12.9. The number of halogens is 1. The first-order chi connectivity index (χ1) is 11.4. The second-order valence-electron chi connectivity index (χ2n) is 5.52. The van der Waals surface area contributed by atoms with Gasteiger partial charge in [-0.2, -0.15) is 0 Å². The Balaban J connectivity index is 2.03. The number of nitrogens with two attached hydrogens (primary N) is 1. The Hall–Kier alpha value is -2.96. The van der Waals surface area contributed by atoms with E-state index in [0.717, 1.165) is 5.56 Å². The predicted octanol–water partition coefficient (Wildman–Crippen LogP) is 0.896. The van der Waals surface area contributed by atoms with Crippen LogP contribution in [0.15, 0.2) is 41.2 Å². The van der Waals surface area contributed by atoms with E-state index in [2.05, 4.69) is 10.3 Å². The number of carbonyl (C=O) groups excluding carboxylic acids is 2. The molecule has 6 nitrogen and oxygen atoms in total. The van der Waals surface area contributed by atoms with Gasteiger partial charge >= 0.3 is 0 Å². The Bertz CT molecular complexity index is 799. The van der Waals surface area contributed by atoms with Gasteiger partial charge in [-0.1, -0.05) is 12.1 Å². The summed E-state index contributed by atoms with van der Waals surface area (Å²) >= 11 is 0. The Morgan fingerprint density at radius 2 is 1.88 bits per heavy atom. The minimum Gasteiger partial charge on any atom is -0.369 e. The van der Waals surface area contributed by atoms with Crippen molar-refractivity contribution in [1.29, 1.82) is 0 Å². The molecule has 1 aromatic heterocycles. The van der Waals surface area contributed by atoms with Gasteiger partial charge in [0.15, 0.2) is 0 Å². The first-order valence-corrected chi connectivity index (χ1v) is 7.38. The number of hydrogen-bond acceptors (Lipinski definition) is 3. The summed E-state index contributed by atoms with van der Waals surface area (Å²) in [5.74, 6) is -2.20. The van der Waals surface area contributed by atoms with Gasteiger partial charge in [0.05, 0.1) is 5.92 Å². The SMILES string of the molecule is Cc1ccc(C(=O)NC[C@H](Cc2ccc(F)cc2)C(N)=O)c(=O)[nH]1. The van der Waals surface area contributed by atoms with E-state index in [0.29, 0.717) is 5.69 Å². The first-order valence-electron chi connectivity index (χ1n) is 7.38. The van der Waals surface area contributed by atoms with Gasteiger partial charge in [0, 0.05) is 12.2 Å². The molecule has 2 rings (SSSR count). The smallest absolute Gasteiger partial charge is 0.260 e. The van der Waals surface area contributed by atoms with Gasteiger partial charge < -0.3 is 16.0 Å². The van der Waals surface area contributed by atoms with Gasteiger partial charge in [0.1, 0.15) is 11.4 Å². The van der Waals surface area contributed by atoms with Crippen LogP contribution in [0.1, 0.15) is 21.6 Å². The number of benzene rings is 1. The average molecular weight is 331 g/mol. The van der Waals surface area contributed by atoms with E-state index in [4.69, 9.17) is 5.73 Å². The van der Waals surface area contributed by atoms with Crippen molar-refractivity contribution in [2.75, 3.05) is 6.54 Å². The van der Waals surface area contributed by atoms with E-state index in [1.807, 2.05) is 0 Å². The summed E-state index contributed by atoms with van der Waals surface area (Å²) in [6.45, 7) is 1.69. The quantitative estimate of drug-likeness (QED) is 0.732. The van der Waals surface area contributed by atoms with E-state index in [9.17, 15) is 18.8 Å². The van der Waals surface area contributed by atoms with Gasteiger partial charge in [-0.3, -0.25) is 14.4 Å². The van der Waals surface area contributed by atoms with Crippen LogP contribution >= 0.6 is 0 Å². The molecule has 4 N–H and O–H groups in total.